The van der Waals surface area contributed by atoms with Crippen LogP contribution in [0.3, 0.4) is 0 Å². The zero-order valence-electron chi connectivity index (χ0n) is 38.7. The zero-order chi connectivity index (χ0) is 48.3. The van der Waals surface area contributed by atoms with Crippen molar-refractivity contribution < 1.29 is 53.2 Å². The Labute approximate surface area is 406 Å². The molecule has 0 bridgehead atoms. The van der Waals surface area contributed by atoms with E-state index < -0.39 is 28.8 Å². The third kappa shape index (κ3) is 11.1. The molecule has 8 rings (SSSR count). The maximum atomic E-state index is 14.8. The van der Waals surface area contributed by atoms with Gasteiger partial charge in [-0.3, -0.25) is 20.0 Å². The number of aromatic nitrogens is 1. The lowest BCUT2D eigenvalue weighted by Gasteiger charge is -2.59. The van der Waals surface area contributed by atoms with Crippen molar-refractivity contribution in [1.82, 2.24) is 9.88 Å². The number of hydrogen-bond donors (Lipinski definition) is 2. The maximum Gasteiger partial charge on any atom is 0.410 e. The molecule has 1 saturated carbocycles. The SMILES string of the molecule is C=CCOC12Oc3ccc(OCc4cccc(C)n4)cc3C3C(CCCCO)C(CCCCO)C=C(C(=NOCc4ccc([N+](=O)[O-])cc4)CC1N(Cc1ccc4c(c1)OCO4)C(=O)OCCCl)C32. The summed E-state index contributed by atoms with van der Waals surface area (Å²) in [6, 6.07) is 22.3. The van der Waals surface area contributed by atoms with Crippen molar-refractivity contribution >= 4 is 29.1 Å². The van der Waals surface area contributed by atoms with Crippen molar-refractivity contribution in [2.24, 2.45) is 22.9 Å². The van der Waals surface area contributed by atoms with Gasteiger partial charge in [0.15, 0.2) is 11.5 Å². The quantitative estimate of drug-likeness (QED) is 0.0235. The molecule has 3 aromatic carbocycles. The summed E-state index contributed by atoms with van der Waals surface area (Å²) < 4.78 is 38.2. The molecule has 2 aliphatic carbocycles. The molecule has 69 heavy (non-hydrogen) atoms. The summed E-state index contributed by atoms with van der Waals surface area (Å²) in [5.41, 5.74) is 5.28. The molecule has 0 saturated heterocycles. The van der Waals surface area contributed by atoms with Gasteiger partial charge < -0.3 is 43.5 Å². The molecule has 0 radical (unpaired) electrons. The molecule has 16 nitrogen and oxygen atoms in total. The molecule has 4 aliphatic rings. The third-order valence-electron chi connectivity index (χ3n) is 13.2. The normalized spacial score (nSPS) is 22.4. The lowest BCUT2D eigenvalue weighted by Crippen LogP contribution is -2.70. The highest BCUT2D eigenvalue weighted by molar-refractivity contribution is 6.18. The van der Waals surface area contributed by atoms with Crippen molar-refractivity contribution in [3.8, 4) is 23.0 Å². The Morgan fingerprint density at radius 3 is 2.51 bits per heavy atom. The number of allylic oxidation sites excluding steroid dienone is 1. The lowest BCUT2D eigenvalue weighted by molar-refractivity contribution is -0.384. The lowest BCUT2D eigenvalue weighted by atomic mass is 9.55. The van der Waals surface area contributed by atoms with Gasteiger partial charge in [0, 0.05) is 55.5 Å². The fourth-order valence-electron chi connectivity index (χ4n) is 10.2. The van der Waals surface area contributed by atoms with E-state index in [4.69, 9.17) is 50.0 Å². The van der Waals surface area contributed by atoms with Gasteiger partial charge >= 0.3 is 6.09 Å². The average molecular weight is 968 g/mol. The Balaban J connectivity index is 1.31. The monoisotopic (exact) mass is 966 g/mol. The summed E-state index contributed by atoms with van der Waals surface area (Å²) >= 11 is 6.14. The first-order chi connectivity index (χ1) is 33.7. The molecular formula is C52H59ClN4O12. The first kappa shape index (κ1) is 49.2. The average Bonchev–Trinajstić information content (AvgIpc) is 3.83. The number of alkyl halides is 1. The van der Waals surface area contributed by atoms with Gasteiger partial charge in [0.1, 0.15) is 37.4 Å². The molecule has 366 valence electrons. The summed E-state index contributed by atoms with van der Waals surface area (Å²) in [7, 11) is 0. The second-order valence-corrected chi connectivity index (χ2v) is 18.0. The molecule has 2 N–H and O–H groups in total. The Bertz CT molecular complexity index is 2500. The van der Waals surface area contributed by atoms with Gasteiger partial charge in [0.25, 0.3) is 5.69 Å². The van der Waals surface area contributed by atoms with Crippen LogP contribution in [0.2, 0.25) is 0 Å². The number of benzene rings is 3. The minimum atomic E-state index is -1.58. The molecule has 17 heteroatoms. The van der Waals surface area contributed by atoms with Crippen molar-refractivity contribution in [2.75, 3.05) is 39.1 Å². The summed E-state index contributed by atoms with van der Waals surface area (Å²) in [5, 5.41) is 36.4. The number of aliphatic hydroxyl groups excluding tert-OH is 2. The van der Waals surface area contributed by atoms with Crippen LogP contribution in [-0.2, 0) is 34.1 Å². The number of nitro groups is 1. The molecule has 4 aromatic rings. The molecule has 1 amide bonds. The molecule has 2 aliphatic heterocycles. The number of fused-ring (bicyclic) bond motifs is 3. The van der Waals surface area contributed by atoms with E-state index >= 15 is 0 Å². The third-order valence-corrected chi connectivity index (χ3v) is 13.4. The molecule has 6 atom stereocenters. The maximum absolute atomic E-state index is 14.8. The standard InChI is InChI=1S/C52H59ClN4O12/c1-3-24-67-52-48(56(51(60)63-25-21-53)30-36-15-19-46-47(26-36)66-33-65-46)29-44(55-68-31-35-13-16-39(17-14-35)57(61)62)42-27-37(10-4-6-22-58)41(12-5-7-23-59)49(50(42)52)43-28-40(18-20-45(43)69-52)64-32-38-11-8-9-34(2)54-38/h3,8-9,11,13-20,26-28,37,41,48-50,58-59H,1,4-7,10,12,21-25,29-33H2,2H3. The van der Waals surface area contributed by atoms with Gasteiger partial charge in [-0.05, 0) is 116 Å². The summed E-state index contributed by atoms with van der Waals surface area (Å²) in [4.78, 5) is 38.2. The number of amides is 1. The van der Waals surface area contributed by atoms with Crippen LogP contribution >= 0.6 is 11.6 Å². The van der Waals surface area contributed by atoms with Crippen LogP contribution in [-0.4, -0.2) is 87.8 Å². The van der Waals surface area contributed by atoms with Gasteiger partial charge in [0.05, 0.1) is 34.7 Å². The predicted molar refractivity (Wildman–Crippen MR) is 256 cm³/mol. The minimum absolute atomic E-state index is 0.00383. The Kier molecular flexibility index (Phi) is 16.4. The number of pyridine rings is 1. The second kappa shape index (κ2) is 22.9. The first-order valence-corrected chi connectivity index (χ1v) is 24.1. The Morgan fingerprint density at radius 2 is 1.75 bits per heavy atom. The van der Waals surface area contributed by atoms with E-state index in [0.717, 1.165) is 53.8 Å². The van der Waals surface area contributed by atoms with E-state index in [-0.39, 0.29) is 88.7 Å². The molecule has 6 unspecified atom stereocenters. The number of rotatable bonds is 23. The second-order valence-electron chi connectivity index (χ2n) is 17.6. The number of nitro benzene ring substituents is 1. The van der Waals surface area contributed by atoms with Crippen LogP contribution in [0.25, 0.3) is 0 Å². The van der Waals surface area contributed by atoms with Gasteiger partial charge in [-0.15, -0.1) is 18.2 Å². The van der Waals surface area contributed by atoms with Crippen molar-refractivity contribution in [3.63, 3.8) is 0 Å². The van der Waals surface area contributed by atoms with Gasteiger partial charge in [0.2, 0.25) is 12.6 Å². The smallest absolute Gasteiger partial charge is 0.410 e. The van der Waals surface area contributed by atoms with Crippen LogP contribution < -0.4 is 18.9 Å². The van der Waals surface area contributed by atoms with Crippen LogP contribution in [0.4, 0.5) is 10.5 Å². The molecule has 0 spiro atoms. The molecule has 3 heterocycles. The predicted octanol–water partition coefficient (Wildman–Crippen LogP) is 9.32. The number of ether oxygens (including phenoxy) is 6. The summed E-state index contributed by atoms with van der Waals surface area (Å²) in [6.07, 6.45) is 7.54. The number of non-ortho nitro benzene ring substituents is 1. The van der Waals surface area contributed by atoms with E-state index in [1.807, 2.05) is 55.5 Å². The number of aliphatic hydroxyl groups is 2. The van der Waals surface area contributed by atoms with Crippen LogP contribution in [0, 0.1) is 34.8 Å². The van der Waals surface area contributed by atoms with Crippen LogP contribution in [0.15, 0.2) is 108 Å². The highest BCUT2D eigenvalue weighted by atomic mass is 35.5. The number of unbranched alkanes of at least 4 members (excludes halogenated alkanes) is 2. The fourth-order valence-corrected chi connectivity index (χ4v) is 10.3. The number of halogens is 1. The highest BCUT2D eigenvalue weighted by Gasteiger charge is 2.65. The van der Waals surface area contributed by atoms with E-state index in [1.54, 1.807) is 29.2 Å². The van der Waals surface area contributed by atoms with Crippen LogP contribution in [0.5, 0.6) is 23.0 Å². The highest BCUT2D eigenvalue weighted by Crippen LogP contribution is 2.62. The van der Waals surface area contributed by atoms with E-state index in [2.05, 4.69) is 17.6 Å². The number of hydrogen-bond acceptors (Lipinski definition) is 14. The number of aryl methyl sites for hydroxylation is 1. The fraction of sp³-hybridized carbons (Fsp3) is 0.442. The number of oxime groups is 1. The molecular weight excluding hydrogens is 908 g/mol. The molecule has 1 fully saturated rings. The van der Waals surface area contributed by atoms with Crippen LogP contribution in [0.1, 0.15) is 78.9 Å². The van der Waals surface area contributed by atoms with E-state index in [1.165, 1.54) is 12.1 Å². The van der Waals surface area contributed by atoms with Gasteiger partial charge in [-0.1, -0.05) is 42.3 Å². The van der Waals surface area contributed by atoms with Crippen molar-refractivity contribution in [3.05, 3.63) is 141 Å². The molecule has 1 aromatic heterocycles. The number of nitrogens with zero attached hydrogens (tertiary/aromatic N) is 4. The first-order valence-electron chi connectivity index (χ1n) is 23.5. The Hall–Kier alpha value is -6.20. The van der Waals surface area contributed by atoms with E-state index in [9.17, 15) is 25.1 Å². The largest absolute Gasteiger partial charge is 0.487 e. The summed E-state index contributed by atoms with van der Waals surface area (Å²) in [6.45, 7) is 6.41. The zero-order valence-corrected chi connectivity index (χ0v) is 39.5. The Morgan fingerprint density at radius 1 is 0.986 bits per heavy atom. The van der Waals surface area contributed by atoms with Crippen molar-refractivity contribution in [2.45, 2.75) is 89.4 Å². The van der Waals surface area contributed by atoms with Crippen molar-refractivity contribution in [1.29, 1.82) is 0 Å². The topological polar surface area (TPSA) is 194 Å². The number of carbonyl (C=O) groups is 1. The summed E-state index contributed by atoms with van der Waals surface area (Å²) in [5.74, 6) is -0.227. The minimum Gasteiger partial charge on any atom is -0.487 e. The van der Waals surface area contributed by atoms with Gasteiger partial charge in [-0.2, -0.15) is 0 Å². The number of carbonyl (C=O) groups excluding carboxylic acids is 1. The van der Waals surface area contributed by atoms with E-state index in [0.29, 0.717) is 47.1 Å². The van der Waals surface area contributed by atoms with Gasteiger partial charge in [-0.25, -0.2) is 4.79 Å².